The molecule has 0 aromatic carbocycles. The Kier molecular flexibility index (Phi) is 11.1. The van der Waals surface area contributed by atoms with Crippen LogP contribution < -0.4 is 5.32 Å². The second-order valence-corrected chi connectivity index (χ2v) is 9.20. The number of amides is 1. The summed E-state index contributed by atoms with van der Waals surface area (Å²) in [6.45, 7) is 7.17. The van der Waals surface area contributed by atoms with Gasteiger partial charge >= 0.3 is 5.97 Å². The molecule has 0 aromatic heterocycles. The van der Waals surface area contributed by atoms with E-state index in [1.165, 1.54) is 11.1 Å². The lowest BCUT2D eigenvalue weighted by Crippen LogP contribution is -2.41. The standard InChI is InChI=1S/C24H40N2O4/c1-18(2)9-6-10-19(3)11-7-12-20-13-14-21(22(17-20)24(28)29)23(27)25-15-8-16-26(4,5)30/h9,11,13,21-22H,6-8,10,12,14-17H2,1-5H3,(H,25,27)(H,28,29). The summed E-state index contributed by atoms with van der Waals surface area (Å²) >= 11 is 0. The van der Waals surface area contributed by atoms with E-state index in [-0.39, 0.29) is 5.91 Å². The zero-order valence-electron chi connectivity index (χ0n) is 19.4. The zero-order chi connectivity index (χ0) is 22.7. The molecule has 2 unspecified atom stereocenters. The zero-order valence-corrected chi connectivity index (χ0v) is 19.4. The molecule has 0 aliphatic heterocycles. The van der Waals surface area contributed by atoms with Crippen molar-refractivity contribution in [3.05, 3.63) is 40.2 Å². The molecule has 1 amide bonds. The molecular formula is C24H40N2O4. The van der Waals surface area contributed by atoms with Crippen LogP contribution in [0.5, 0.6) is 0 Å². The minimum Gasteiger partial charge on any atom is -0.633 e. The highest BCUT2D eigenvalue weighted by molar-refractivity contribution is 5.85. The Morgan fingerprint density at radius 3 is 2.50 bits per heavy atom. The van der Waals surface area contributed by atoms with Crippen molar-refractivity contribution in [3.8, 4) is 0 Å². The van der Waals surface area contributed by atoms with E-state index in [0.717, 1.165) is 31.3 Å². The van der Waals surface area contributed by atoms with Crippen molar-refractivity contribution < 1.29 is 19.3 Å². The van der Waals surface area contributed by atoms with Gasteiger partial charge in [-0.1, -0.05) is 34.9 Å². The summed E-state index contributed by atoms with van der Waals surface area (Å²) < 4.78 is -0.397. The van der Waals surface area contributed by atoms with Gasteiger partial charge in [0.25, 0.3) is 0 Å². The molecule has 0 radical (unpaired) electrons. The van der Waals surface area contributed by atoms with E-state index < -0.39 is 22.5 Å². The van der Waals surface area contributed by atoms with Crippen molar-refractivity contribution in [2.24, 2.45) is 11.8 Å². The number of carbonyl (C=O) groups is 2. The third-order valence-corrected chi connectivity index (χ3v) is 5.50. The van der Waals surface area contributed by atoms with Gasteiger partial charge in [0, 0.05) is 13.0 Å². The maximum absolute atomic E-state index is 12.5. The van der Waals surface area contributed by atoms with E-state index in [0.29, 0.717) is 32.4 Å². The van der Waals surface area contributed by atoms with Crippen molar-refractivity contribution >= 4 is 11.9 Å². The summed E-state index contributed by atoms with van der Waals surface area (Å²) in [4.78, 5) is 24.3. The molecule has 6 heteroatoms. The summed E-state index contributed by atoms with van der Waals surface area (Å²) in [7, 11) is 3.13. The second kappa shape index (κ2) is 12.7. The number of hydrogen-bond acceptors (Lipinski definition) is 3. The van der Waals surface area contributed by atoms with Crippen LogP contribution in [0.2, 0.25) is 0 Å². The molecule has 0 saturated carbocycles. The van der Waals surface area contributed by atoms with E-state index in [2.05, 4.69) is 38.2 Å². The van der Waals surface area contributed by atoms with Crippen molar-refractivity contribution in [3.63, 3.8) is 0 Å². The topological polar surface area (TPSA) is 89.5 Å². The van der Waals surface area contributed by atoms with E-state index in [4.69, 9.17) is 0 Å². The third kappa shape index (κ3) is 10.7. The number of allylic oxidation sites excluding steroid dienone is 6. The molecule has 30 heavy (non-hydrogen) atoms. The van der Waals surface area contributed by atoms with Crippen molar-refractivity contribution in [2.45, 2.75) is 65.7 Å². The smallest absolute Gasteiger partial charge is 0.307 e. The summed E-state index contributed by atoms with van der Waals surface area (Å²) in [5, 5.41) is 24.0. The van der Waals surface area contributed by atoms with Crippen LogP contribution in [0.15, 0.2) is 34.9 Å². The first-order valence-electron chi connectivity index (χ1n) is 11.0. The van der Waals surface area contributed by atoms with Crippen molar-refractivity contribution in [2.75, 3.05) is 27.2 Å². The fourth-order valence-electron chi connectivity index (χ4n) is 3.72. The Bertz CT molecular complexity index is 667. The Labute approximate surface area is 181 Å². The molecule has 1 rings (SSSR count). The fraction of sp³-hybridized carbons (Fsp3) is 0.667. The predicted octanol–water partition coefficient (Wildman–Crippen LogP) is 4.58. The predicted molar refractivity (Wildman–Crippen MR) is 122 cm³/mol. The van der Waals surface area contributed by atoms with Crippen molar-refractivity contribution in [1.29, 1.82) is 0 Å². The monoisotopic (exact) mass is 420 g/mol. The molecule has 0 spiro atoms. The number of rotatable bonds is 12. The van der Waals surface area contributed by atoms with Gasteiger partial charge in [0.05, 0.1) is 32.5 Å². The summed E-state index contributed by atoms with van der Waals surface area (Å²) in [5.74, 6) is -2.35. The van der Waals surface area contributed by atoms with Gasteiger partial charge in [0.15, 0.2) is 0 Å². The average Bonchev–Trinajstić information content (AvgIpc) is 2.63. The lowest BCUT2D eigenvalue weighted by Gasteiger charge is -2.33. The van der Waals surface area contributed by atoms with Crippen LogP contribution in [0, 0.1) is 17.0 Å². The molecule has 0 heterocycles. The van der Waals surface area contributed by atoms with E-state index in [9.17, 15) is 19.9 Å². The Balaban J connectivity index is 2.53. The molecule has 0 saturated heterocycles. The summed E-state index contributed by atoms with van der Waals surface area (Å²) in [6, 6.07) is 0. The molecule has 2 N–H and O–H groups in total. The highest BCUT2D eigenvalue weighted by Gasteiger charge is 2.35. The molecule has 1 aliphatic carbocycles. The second-order valence-electron chi connectivity index (χ2n) is 9.20. The summed E-state index contributed by atoms with van der Waals surface area (Å²) in [5.41, 5.74) is 3.82. The Morgan fingerprint density at radius 1 is 1.20 bits per heavy atom. The highest BCUT2D eigenvalue weighted by atomic mass is 16.5. The number of nitrogens with one attached hydrogen (secondary N) is 1. The van der Waals surface area contributed by atoms with Gasteiger partial charge in [-0.25, -0.2) is 0 Å². The Morgan fingerprint density at radius 2 is 1.90 bits per heavy atom. The van der Waals surface area contributed by atoms with Gasteiger partial charge in [-0.05, 0) is 59.3 Å². The van der Waals surface area contributed by atoms with Crippen molar-refractivity contribution in [1.82, 2.24) is 5.32 Å². The number of carboxylic acids is 1. The minimum atomic E-state index is -0.911. The fourth-order valence-corrected chi connectivity index (χ4v) is 3.72. The number of aliphatic carboxylic acids is 1. The first-order chi connectivity index (χ1) is 14.0. The van der Waals surface area contributed by atoms with Gasteiger partial charge in [-0.15, -0.1) is 0 Å². The largest absolute Gasteiger partial charge is 0.633 e. The van der Waals surface area contributed by atoms with Crippen LogP contribution in [-0.2, 0) is 9.59 Å². The van der Waals surface area contributed by atoms with Crippen LogP contribution in [-0.4, -0.2) is 48.8 Å². The molecule has 0 fully saturated rings. The van der Waals surface area contributed by atoms with Crippen LogP contribution >= 0.6 is 0 Å². The van der Waals surface area contributed by atoms with E-state index in [1.54, 1.807) is 14.1 Å². The molecule has 6 nitrogen and oxygen atoms in total. The van der Waals surface area contributed by atoms with Gasteiger partial charge in [-0.3, -0.25) is 9.59 Å². The van der Waals surface area contributed by atoms with Gasteiger partial charge in [0.1, 0.15) is 0 Å². The molecule has 170 valence electrons. The number of carbonyl (C=O) groups excluding carboxylic acids is 1. The Hall–Kier alpha value is -1.92. The first-order valence-corrected chi connectivity index (χ1v) is 11.0. The average molecular weight is 421 g/mol. The molecular weight excluding hydrogens is 380 g/mol. The van der Waals surface area contributed by atoms with E-state index >= 15 is 0 Å². The maximum Gasteiger partial charge on any atom is 0.307 e. The molecule has 0 aromatic rings. The quantitative estimate of drug-likeness (QED) is 0.209. The molecule has 2 atom stereocenters. The number of quaternary nitrogens is 1. The molecule has 0 bridgehead atoms. The first kappa shape index (κ1) is 26.1. The van der Waals surface area contributed by atoms with Crippen LogP contribution in [0.4, 0.5) is 0 Å². The normalized spacial score (nSPS) is 19.8. The van der Waals surface area contributed by atoms with Gasteiger partial charge in [0.2, 0.25) is 5.91 Å². The number of nitrogens with zero attached hydrogens (tertiary/aromatic N) is 1. The minimum absolute atomic E-state index is 0.219. The SMILES string of the molecule is CC(C)=CCCC(C)=CCCC1=CCC(C(=O)NCCC[N+](C)(C)[O-])C(C(=O)O)C1. The van der Waals surface area contributed by atoms with Crippen LogP contribution in [0.1, 0.15) is 65.7 Å². The number of hydrogen-bond donors (Lipinski definition) is 2. The maximum atomic E-state index is 12.5. The number of hydroxylamine groups is 3. The highest BCUT2D eigenvalue weighted by Crippen LogP contribution is 2.32. The molecule has 1 aliphatic rings. The van der Waals surface area contributed by atoms with Crippen LogP contribution in [0.25, 0.3) is 0 Å². The van der Waals surface area contributed by atoms with Gasteiger partial charge in [-0.2, -0.15) is 0 Å². The third-order valence-electron chi connectivity index (χ3n) is 5.50. The lowest BCUT2D eigenvalue weighted by molar-refractivity contribution is -0.840. The lowest BCUT2D eigenvalue weighted by atomic mass is 9.78. The van der Waals surface area contributed by atoms with E-state index in [1.807, 2.05) is 6.08 Å². The summed E-state index contributed by atoms with van der Waals surface area (Å²) in [6.07, 6.45) is 11.8. The van der Waals surface area contributed by atoms with Gasteiger partial charge < -0.3 is 20.3 Å². The number of carboxylic acid groups (broad SMARTS) is 1. The van der Waals surface area contributed by atoms with Crippen LogP contribution in [0.3, 0.4) is 0 Å².